The maximum atomic E-state index is 12.4. The second-order valence-electron chi connectivity index (χ2n) is 5.12. The summed E-state index contributed by atoms with van der Waals surface area (Å²) in [7, 11) is 0. The molecular formula is C18H12Cl2N2O3. The Bertz CT molecular complexity index is 904. The first kappa shape index (κ1) is 17.2. The number of nitrogens with one attached hydrogen (secondary N) is 1. The molecule has 2 aromatic rings. The molecule has 1 heterocycles. The number of halogens is 2. The highest BCUT2D eigenvalue weighted by atomic mass is 35.5. The van der Waals surface area contributed by atoms with E-state index in [4.69, 9.17) is 32.7 Å². The molecule has 3 rings (SSSR count). The Morgan fingerprint density at radius 3 is 2.80 bits per heavy atom. The Balaban J connectivity index is 1.90. The van der Waals surface area contributed by atoms with Crippen LogP contribution in [0, 0.1) is 11.3 Å². The van der Waals surface area contributed by atoms with E-state index in [0.717, 1.165) is 0 Å². The first-order chi connectivity index (χ1) is 12.1. The average molecular weight is 375 g/mol. The Labute approximate surface area is 154 Å². The van der Waals surface area contributed by atoms with E-state index in [1.54, 1.807) is 30.3 Å². The molecule has 0 saturated heterocycles. The third-order valence-corrected chi connectivity index (χ3v) is 4.00. The highest BCUT2D eigenvalue weighted by molar-refractivity contribution is 6.36. The zero-order valence-corrected chi connectivity index (χ0v) is 14.4. The summed E-state index contributed by atoms with van der Waals surface area (Å²) in [6, 6.07) is 11.8. The Morgan fingerprint density at radius 2 is 2.00 bits per heavy atom. The molecule has 0 bridgehead atoms. The lowest BCUT2D eigenvalue weighted by Crippen LogP contribution is -2.16. The van der Waals surface area contributed by atoms with Crippen LogP contribution in [0.25, 0.3) is 6.08 Å². The van der Waals surface area contributed by atoms with Crippen LogP contribution < -0.4 is 14.8 Å². The largest absolute Gasteiger partial charge is 0.486 e. The van der Waals surface area contributed by atoms with Crippen molar-refractivity contribution in [3.8, 4) is 17.6 Å². The van der Waals surface area contributed by atoms with E-state index in [1.165, 1.54) is 12.1 Å². The van der Waals surface area contributed by atoms with Crippen molar-refractivity contribution in [2.24, 2.45) is 0 Å². The molecule has 0 radical (unpaired) electrons. The van der Waals surface area contributed by atoms with Gasteiger partial charge in [-0.3, -0.25) is 4.79 Å². The maximum absolute atomic E-state index is 12.4. The molecule has 1 amide bonds. The van der Waals surface area contributed by atoms with Crippen molar-refractivity contribution >= 4 is 40.9 Å². The van der Waals surface area contributed by atoms with Gasteiger partial charge in [-0.15, -0.1) is 0 Å². The Kier molecular flexibility index (Phi) is 5.13. The lowest BCUT2D eigenvalue weighted by Gasteiger charge is -2.19. The van der Waals surface area contributed by atoms with Gasteiger partial charge in [0.1, 0.15) is 24.9 Å². The predicted octanol–water partition coefficient (Wildman–Crippen LogP) is 4.31. The number of rotatable bonds is 3. The van der Waals surface area contributed by atoms with Gasteiger partial charge in [0.05, 0.1) is 10.7 Å². The molecule has 0 aromatic heterocycles. The fourth-order valence-electron chi connectivity index (χ4n) is 2.30. The number of hydrogen-bond acceptors (Lipinski definition) is 4. The number of anilines is 1. The molecule has 1 aliphatic rings. The standard InChI is InChI=1S/C18H12Cl2N2O3/c19-13-4-5-14(20)15(9-13)22-18(23)12(10-21)8-11-2-1-3-16-17(11)25-7-6-24-16/h1-5,8-9H,6-7H2,(H,22,23)/b12-8-. The van der Waals surface area contributed by atoms with Gasteiger partial charge < -0.3 is 14.8 Å². The number of nitriles is 1. The van der Waals surface area contributed by atoms with Gasteiger partial charge in [0.2, 0.25) is 0 Å². The minimum atomic E-state index is -0.596. The summed E-state index contributed by atoms with van der Waals surface area (Å²) in [5, 5.41) is 12.7. The second-order valence-corrected chi connectivity index (χ2v) is 5.96. The van der Waals surface area contributed by atoms with E-state index in [-0.39, 0.29) is 5.57 Å². The normalized spacial score (nSPS) is 13.1. The number of carbonyl (C=O) groups excluding carboxylic acids is 1. The van der Waals surface area contributed by atoms with E-state index in [9.17, 15) is 10.1 Å². The zero-order valence-electron chi connectivity index (χ0n) is 12.9. The summed E-state index contributed by atoms with van der Waals surface area (Å²) in [5.41, 5.74) is 0.815. The quantitative estimate of drug-likeness (QED) is 0.641. The van der Waals surface area contributed by atoms with Crippen LogP contribution in [-0.2, 0) is 4.79 Å². The molecule has 0 saturated carbocycles. The number of fused-ring (bicyclic) bond motifs is 1. The van der Waals surface area contributed by atoms with Crippen LogP contribution in [0.3, 0.4) is 0 Å². The van der Waals surface area contributed by atoms with E-state index < -0.39 is 5.91 Å². The first-order valence-corrected chi connectivity index (χ1v) is 8.11. The van der Waals surface area contributed by atoms with Crippen LogP contribution in [0.5, 0.6) is 11.5 Å². The molecule has 25 heavy (non-hydrogen) atoms. The van der Waals surface area contributed by atoms with Crippen LogP contribution in [-0.4, -0.2) is 19.1 Å². The summed E-state index contributed by atoms with van der Waals surface area (Å²) < 4.78 is 11.1. The van der Waals surface area contributed by atoms with Crippen LogP contribution in [0.15, 0.2) is 42.0 Å². The van der Waals surface area contributed by atoms with E-state index in [1.807, 2.05) is 6.07 Å². The molecule has 0 unspecified atom stereocenters. The minimum Gasteiger partial charge on any atom is -0.486 e. The Hall–Kier alpha value is -2.68. The van der Waals surface area contributed by atoms with Gasteiger partial charge in [-0.25, -0.2) is 0 Å². The summed E-state index contributed by atoms with van der Waals surface area (Å²) in [6.45, 7) is 0.864. The SMILES string of the molecule is N#C/C(=C/c1cccc2c1OCCO2)C(=O)Nc1cc(Cl)ccc1Cl. The number of amides is 1. The van der Waals surface area contributed by atoms with Crippen molar-refractivity contribution < 1.29 is 14.3 Å². The van der Waals surface area contributed by atoms with Crippen molar-refractivity contribution in [2.75, 3.05) is 18.5 Å². The number of benzene rings is 2. The first-order valence-electron chi connectivity index (χ1n) is 7.35. The zero-order chi connectivity index (χ0) is 17.8. The fraction of sp³-hybridized carbons (Fsp3) is 0.111. The van der Waals surface area contributed by atoms with Crippen LogP contribution in [0.4, 0.5) is 5.69 Å². The van der Waals surface area contributed by atoms with Gasteiger partial charge in [-0.05, 0) is 30.3 Å². The van der Waals surface area contributed by atoms with Gasteiger partial charge in [-0.1, -0.05) is 35.3 Å². The molecule has 2 aromatic carbocycles. The maximum Gasteiger partial charge on any atom is 0.266 e. The van der Waals surface area contributed by atoms with Crippen molar-refractivity contribution in [3.05, 3.63) is 57.6 Å². The molecule has 0 fully saturated rings. The third kappa shape index (κ3) is 3.87. The fourth-order valence-corrected chi connectivity index (χ4v) is 2.63. The average Bonchev–Trinajstić information content (AvgIpc) is 2.62. The number of nitrogens with zero attached hydrogens (tertiary/aromatic N) is 1. The van der Waals surface area contributed by atoms with Crippen LogP contribution in [0.2, 0.25) is 10.0 Å². The van der Waals surface area contributed by atoms with Gasteiger partial charge >= 0.3 is 0 Å². The molecule has 1 aliphatic heterocycles. The molecule has 0 atom stereocenters. The molecule has 5 nitrogen and oxygen atoms in total. The summed E-state index contributed by atoms with van der Waals surface area (Å²) >= 11 is 11.9. The molecule has 0 aliphatic carbocycles. The van der Waals surface area contributed by atoms with Gasteiger partial charge in [0.25, 0.3) is 5.91 Å². The topological polar surface area (TPSA) is 71.3 Å². The highest BCUT2D eigenvalue weighted by Gasteiger charge is 2.17. The van der Waals surface area contributed by atoms with E-state index >= 15 is 0 Å². The van der Waals surface area contributed by atoms with Gasteiger partial charge in [-0.2, -0.15) is 5.26 Å². The van der Waals surface area contributed by atoms with Crippen molar-refractivity contribution in [1.82, 2.24) is 0 Å². The lowest BCUT2D eigenvalue weighted by molar-refractivity contribution is -0.112. The van der Waals surface area contributed by atoms with Crippen molar-refractivity contribution in [2.45, 2.75) is 0 Å². The van der Waals surface area contributed by atoms with E-state index in [2.05, 4.69) is 5.32 Å². The van der Waals surface area contributed by atoms with Crippen molar-refractivity contribution in [1.29, 1.82) is 5.26 Å². The lowest BCUT2D eigenvalue weighted by atomic mass is 10.1. The summed E-state index contributed by atoms with van der Waals surface area (Å²) in [4.78, 5) is 12.4. The molecule has 7 heteroatoms. The van der Waals surface area contributed by atoms with Crippen LogP contribution in [0.1, 0.15) is 5.56 Å². The highest BCUT2D eigenvalue weighted by Crippen LogP contribution is 2.35. The number of carbonyl (C=O) groups is 1. The monoisotopic (exact) mass is 374 g/mol. The van der Waals surface area contributed by atoms with Crippen molar-refractivity contribution in [3.63, 3.8) is 0 Å². The molecular weight excluding hydrogens is 363 g/mol. The molecule has 1 N–H and O–H groups in total. The Morgan fingerprint density at radius 1 is 1.20 bits per heavy atom. The van der Waals surface area contributed by atoms with E-state index in [0.29, 0.717) is 46.0 Å². The van der Waals surface area contributed by atoms with Gasteiger partial charge in [0.15, 0.2) is 11.5 Å². The minimum absolute atomic E-state index is 0.0985. The predicted molar refractivity (Wildman–Crippen MR) is 96.1 cm³/mol. The smallest absolute Gasteiger partial charge is 0.266 e. The third-order valence-electron chi connectivity index (χ3n) is 3.44. The summed E-state index contributed by atoms with van der Waals surface area (Å²) in [6.07, 6.45) is 1.45. The summed E-state index contributed by atoms with van der Waals surface area (Å²) in [5.74, 6) is 0.492. The molecule has 126 valence electrons. The second kappa shape index (κ2) is 7.47. The number of ether oxygens (including phenoxy) is 2. The molecule has 0 spiro atoms. The number of hydrogen-bond donors (Lipinski definition) is 1. The number of para-hydroxylation sites is 1. The van der Waals surface area contributed by atoms with Crippen LogP contribution >= 0.6 is 23.2 Å². The van der Waals surface area contributed by atoms with Gasteiger partial charge in [0, 0.05) is 10.6 Å².